The molecule has 0 unspecified atom stereocenters. The molecule has 0 radical (unpaired) electrons. The number of piperidine rings is 1. The third-order valence-electron chi connectivity index (χ3n) is 5.90. The van der Waals surface area contributed by atoms with E-state index in [1.54, 1.807) is 49.9 Å². The van der Waals surface area contributed by atoms with E-state index in [0.29, 0.717) is 42.9 Å². The maximum atomic E-state index is 13.5. The van der Waals surface area contributed by atoms with E-state index in [1.807, 2.05) is 6.07 Å². The summed E-state index contributed by atoms with van der Waals surface area (Å²) in [6.45, 7) is 6.13. The summed E-state index contributed by atoms with van der Waals surface area (Å²) < 4.78 is 10.1. The molecule has 0 bridgehead atoms. The van der Waals surface area contributed by atoms with Crippen molar-refractivity contribution in [3.63, 3.8) is 0 Å². The van der Waals surface area contributed by atoms with Crippen LogP contribution >= 0.6 is 11.6 Å². The predicted molar refractivity (Wildman–Crippen MR) is 142 cm³/mol. The molecule has 0 saturated carbocycles. The van der Waals surface area contributed by atoms with Crippen molar-refractivity contribution in [3.05, 3.63) is 58.7 Å². The molecule has 2 heterocycles. The molecule has 0 aliphatic carbocycles. The lowest BCUT2D eigenvalue weighted by atomic mass is 9.96. The second kappa shape index (κ2) is 12.7. The third-order valence-corrected chi connectivity index (χ3v) is 6.13. The molecule has 1 fully saturated rings. The molecule has 1 aliphatic rings. The van der Waals surface area contributed by atoms with Crippen LogP contribution in [0.3, 0.4) is 0 Å². The molecular weight excluding hydrogens is 512 g/mol. The number of aromatic nitrogens is 1. The van der Waals surface area contributed by atoms with Crippen LogP contribution in [0.25, 0.3) is 0 Å². The molecule has 204 valence electrons. The highest BCUT2D eigenvalue weighted by atomic mass is 35.5. The first-order chi connectivity index (χ1) is 18.0. The molecular formula is C27H33ClN4O6. The van der Waals surface area contributed by atoms with Crippen LogP contribution in [0.5, 0.6) is 0 Å². The summed E-state index contributed by atoms with van der Waals surface area (Å²) in [5, 5.41) is 1.48. The van der Waals surface area contributed by atoms with Gasteiger partial charge in [0, 0.05) is 37.2 Å². The molecule has 3 amide bonds. The summed E-state index contributed by atoms with van der Waals surface area (Å²) in [7, 11) is 1.32. The molecule has 11 heteroatoms. The third kappa shape index (κ3) is 8.17. The summed E-state index contributed by atoms with van der Waals surface area (Å²) in [5.74, 6) is -1.43. The van der Waals surface area contributed by atoms with E-state index in [-0.39, 0.29) is 24.1 Å². The minimum atomic E-state index is -0.603. The van der Waals surface area contributed by atoms with Crippen molar-refractivity contribution in [2.24, 2.45) is 5.92 Å². The van der Waals surface area contributed by atoms with Crippen molar-refractivity contribution in [2.75, 3.05) is 25.2 Å². The molecule has 0 atom stereocenters. The van der Waals surface area contributed by atoms with Crippen molar-refractivity contribution >= 4 is 41.3 Å². The van der Waals surface area contributed by atoms with Gasteiger partial charge in [-0.1, -0.05) is 23.7 Å². The SMILES string of the molecule is COC(=O)CCc1cccc(C(=O)N(NC(=O)C2CCN(C(=O)OC(C)(C)C)CC2)c2ccc(Cl)cn2)c1. The Kier molecular flexibility index (Phi) is 9.68. The van der Waals surface area contributed by atoms with E-state index in [4.69, 9.17) is 16.3 Å². The molecule has 1 N–H and O–H groups in total. The highest BCUT2D eigenvalue weighted by molar-refractivity contribution is 6.30. The van der Waals surface area contributed by atoms with Crippen molar-refractivity contribution in [1.29, 1.82) is 0 Å². The average Bonchev–Trinajstić information content (AvgIpc) is 2.89. The van der Waals surface area contributed by atoms with Crippen LogP contribution in [0.15, 0.2) is 42.6 Å². The molecule has 0 spiro atoms. The van der Waals surface area contributed by atoms with Gasteiger partial charge in [-0.05, 0) is 69.9 Å². The van der Waals surface area contributed by atoms with Crippen LogP contribution < -0.4 is 10.4 Å². The van der Waals surface area contributed by atoms with Gasteiger partial charge in [-0.25, -0.2) is 9.78 Å². The van der Waals surface area contributed by atoms with Gasteiger partial charge in [-0.3, -0.25) is 19.8 Å². The zero-order valence-electron chi connectivity index (χ0n) is 22.0. The average molecular weight is 545 g/mol. The summed E-state index contributed by atoms with van der Waals surface area (Å²) >= 11 is 5.98. The van der Waals surface area contributed by atoms with E-state index >= 15 is 0 Å². The van der Waals surface area contributed by atoms with Crippen molar-refractivity contribution < 1.29 is 28.7 Å². The van der Waals surface area contributed by atoms with Gasteiger partial charge in [0.2, 0.25) is 5.91 Å². The van der Waals surface area contributed by atoms with Gasteiger partial charge in [-0.15, -0.1) is 0 Å². The number of carbonyl (C=O) groups excluding carboxylic acids is 4. The second-order valence-corrected chi connectivity index (χ2v) is 10.4. The fourth-order valence-corrected chi connectivity index (χ4v) is 4.01. The maximum absolute atomic E-state index is 13.5. The van der Waals surface area contributed by atoms with E-state index in [9.17, 15) is 19.2 Å². The lowest BCUT2D eigenvalue weighted by Crippen LogP contribution is -2.51. The minimum absolute atomic E-state index is 0.176. The van der Waals surface area contributed by atoms with Gasteiger partial charge in [0.1, 0.15) is 5.60 Å². The highest BCUT2D eigenvalue weighted by Gasteiger charge is 2.32. The first-order valence-corrected chi connectivity index (χ1v) is 12.7. The molecule has 3 rings (SSSR count). The molecule has 10 nitrogen and oxygen atoms in total. The number of esters is 1. The van der Waals surface area contributed by atoms with Crippen molar-refractivity contribution in [3.8, 4) is 0 Å². The Balaban J connectivity index is 1.73. The number of benzene rings is 1. The van der Waals surface area contributed by atoms with Crippen molar-refractivity contribution in [1.82, 2.24) is 15.3 Å². The first kappa shape index (κ1) is 28.9. The Morgan fingerprint density at radius 3 is 2.45 bits per heavy atom. The number of hydrogen-bond donors (Lipinski definition) is 1. The Morgan fingerprint density at radius 2 is 1.84 bits per heavy atom. The number of halogens is 1. The number of rotatable bonds is 6. The lowest BCUT2D eigenvalue weighted by Gasteiger charge is -2.33. The number of amides is 3. The summed E-state index contributed by atoms with van der Waals surface area (Å²) in [5.41, 5.74) is 3.19. The molecule has 38 heavy (non-hydrogen) atoms. The number of methoxy groups -OCH3 is 1. The van der Waals surface area contributed by atoms with Gasteiger partial charge in [0.25, 0.3) is 5.91 Å². The zero-order valence-corrected chi connectivity index (χ0v) is 22.8. The Hall–Kier alpha value is -3.66. The zero-order chi connectivity index (χ0) is 27.9. The van der Waals surface area contributed by atoms with Crippen LogP contribution in [0.4, 0.5) is 10.6 Å². The predicted octanol–water partition coefficient (Wildman–Crippen LogP) is 4.17. The quantitative estimate of drug-likeness (QED) is 0.428. The molecule has 1 aromatic carbocycles. The summed E-state index contributed by atoms with van der Waals surface area (Å²) in [6.07, 6.45) is 2.39. The van der Waals surface area contributed by atoms with Crippen LogP contribution in [0.1, 0.15) is 56.0 Å². The van der Waals surface area contributed by atoms with Gasteiger partial charge < -0.3 is 14.4 Å². The van der Waals surface area contributed by atoms with Gasteiger partial charge in [0.15, 0.2) is 5.82 Å². The fraction of sp³-hybridized carbons (Fsp3) is 0.444. The molecule has 1 saturated heterocycles. The number of anilines is 1. The maximum Gasteiger partial charge on any atom is 0.410 e. The number of nitrogens with zero attached hydrogens (tertiary/aromatic N) is 3. The Morgan fingerprint density at radius 1 is 1.13 bits per heavy atom. The molecule has 1 aromatic heterocycles. The van der Waals surface area contributed by atoms with Crippen molar-refractivity contribution in [2.45, 2.75) is 52.1 Å². The number of aryl methyl sites for hydroxylation is 1. The van der Waals surface area contributed by atoms with E-state index in [2.05, 4.69) is 15.1 Å². The number of hydrogen-bond acceptors (Lipinski definition) is 7. The van der Waals surface area contributed by atoms with Gasteiger partial charge in [-0.2, -0.15) is 5.01 Å². The Bertz CT molecular complexity index is 1160. The normalized spacial score (nSPS) is 14.0. The summed E-state index contributed by atoms with van der Waals surface area (Å²) in [4.78, 5) is 56.4. The van der Waals surface area contributed by atoms with E-state index in [0.717, 1.165) is 10.6 Å². The smallest absolute Gasteiger partial charge is 0.410 e. The Labute approximate surface area is 227 Å². The minimum Gasteiger partial charge on any atom is -0.469 e. The highest BCUT2D eigenvalue weighted by Crippen LogP contribution is 2.22. The first-order valence-electron chi connectivity index (χ1n) is 12.4. The molecule has 2 aromatic rings. The van der Waals surface area contributed by atoms with Crippen LogP contribution in [-0.4, -0.2) is 59.6 Å². The topological polar surface area (TPSA) is 118 Å². The van der Waals surface area contributed by atoms with Gasteiger partial charge >= 0.3 is 12.1 Å². The van der Waals surface area contributed by atoms with Crippen LogP contribution in [0, 0.1) is 5.92 Å². The van der Waals surface area contributed by atoms with Gasteiger partial charge in [0.05, 0.1) is 12.1 Å². The number of likely N-dealkylation sites (tertiary alicyclic amines) is 1. The molecule has 1 aliphatic heterocycles. The summed E-state index contributed by atoms with van der Waals surface area (Å²) in [6, 6.07) is 9.91. The van der Waals surface area contributed by atoms with Crippen LogP contribution in [-0.2, 0) is 25.5 Å². The number of carbonyl (C=O) groups is 4. The second-order valence-electron chi connectivity index (χ2n) is 9.97. The van der Waals surface area contributed by atoms with E-state index < -0.39 is 23.5 Å². The lowest BCUT2D eigenvalue weighted by molar-refractivity contribution is -0.140. The van der Waals surface area contributed by atoms with Crippen LogP contribution in [0.2, 0.25) is 5.02 Å². The number of ether oxygens (including phenoxy) is 2. The largest absolute Gasteiger partial charge is 0.469 e. The monoisotopic (exact) mass is 544 g/mol. The fourth-order valence-electron chi connectivity index (χ4n) is 3.90. The number of pyridine rings is 1. The number of nitrogens with one attached hydrogen (secondary N) is 1. The standard InChI is InChI=1S/C27H33ClN4O6/c1-27(2,3)38-26(36)31-14-12-19(13-15-31)24(34)30-32(22-10-9-21(28)17-29-22)25(35)20-7-5-6-18(16-20)8-11-23(33)37-4/h5-7,9-10,16-17,19H,8,11-15H2,1-4H3,(H,30,34). The number of hydrazine groups is 1. The van der Waals surface area contributed by atoms with E-state index in [1.165, 1.54) is 19.4 Å².